The minimum absolute atomic E-state index is 0.0389. The SMILES string of the molecule is CN(C(=O)O)[C@@H]1CN(C(=O)C2CCN(C(=O)C3CCOCC3)CC2)C[C@H]1c1ccc(Cl)cc1. The first kappa shape index (κ1) is 23.8. The molecule has 2 atom stereocenters. The van der Waals surface area contributed by atoms with Crippen LogP contribution < -0.4 is 0 Å². The van der Waals surface area contributed by atoms with Crippen molar-refractivity contribution in [2.45, 2.75) is 37.6 Å². The molecule has 0 spiro atoms. The number of benzene rings is 1. The highest BCUT2D eigenvalue weighted by molar-refractivity contribution is 6.30. The zero-order chi connectivity index (χ0) is 23.5. The summed E-state index contributed by atoms with van der Waals surface area (Å²) < 4.78 is 5.36. The van der Waals surface area contributed by atoms with E-state index in [4.69, 9.17) is 16.3 Å². The van der Waals surface area contributed by atoms with Gasteiger partial charge in [-0.15, -0.1) is 0 Å². The summed E-state index contributed by atoms with van der Waals surface area (Å²) in [5.74, 6) is 0.0489. The van der Waals surface area contributed by atoms with Crippen LogP contribution in [0.5, 0.6) is 0 Å². The van der Waals surface area contributed by atoms with Gasteiger partial charge in [0.05, 0.1) is 6.04 Å². The normalized spacial score (nSPS) is 24.7. The molecule has 0 aromatic heterocycles. The topological polar surface area (TPSA) is 90.4 Å². The Morgan fingerprint density at radius 3 is 2.12 bits per heavy atom. The molecule has 33 heavy (non-hydrogen) atoms. The maximum absolute atomic E-state index is 13.4. The second-order valence-electron chi connectivity index (χ2n) is 9.35. The second kappa shape index (κ2) is 10.3. The molecule has 4 rings (SSSR count). The fraction of sp³-hybridized carbons (Fsp3) is 0.625. The fourth-order valence-corrected chi connectivity index (χ4v) is 5.47. The van der Waals surface area contributed by atoms with Crippen molar-refractivity contribution in [3.05, 3.63) is 34.9 Å². The van der Waals surface area contributed by atoms with Crippen molar-refractivity contribution < 1.29 is 24.2 Å². The molecule has 180 valence electrons. The Morgan fingerprint density at radius 1 is 0.939 bits per heavy atom. The largest absolute Gasteiger partial charge is 0.465 e. The van der Waals surface area contributed by atoms with Gasteiger partial charge >= 0.3 is 6.09 Å². The summed E-state index contributed by atoms with van der Waals surface area (Å²) in [6.45, 7) is 3.32. The molecular weight excluding hydrogens is 446 g/mol. The molecule has 0 aliphatic carbocycles. The molecule has 3 fully saturated rings. The van der Waals surface area contributed by atoms with Crippen molar-refractivity contribution >= 4 is 29.5 Å². The first-order valence-electron chi connectivity index (χ1n) is 11.7. The van der Waals surface area contributed by atoms with Crippen molar-refractivity contribution in [2.75, 3.05) is 46.4 Å². The third-order valence-corrected chi connectivity index (χ3v) is 7.68. The molecular formula is C24H32ClN3O5. The fourth-order valence-electron chi connectivity index (χ4n) is 5.35. The minimum Gasteiger partial charge on any atom is -0.465 e. The molecule has 3 heterocycles. The zero-order valence-corrected chi connectivity index (χ0v) is 19.7. The van der Waals surface area contributed by atoms with E-state index in [1.165, 1.54) is 4.90 Å². The monoisotopic (exact) mass is 477 g/mol. The summed E-state index contributed by atoms with van der Waals surface area (Å²) in [4.78, 5) is 42.9. The first-order chi connectivity index (χ1) is 15.8. The maximum atomic E-state index is 13.4. The van der Waals surface area contributed by atoms with Gasteiger partial charge in [0.25, 0.3) is 0 Å². The Hall–Kier alpha value is -2.32. The van der Waals surface area contributed by atoms with Gasteiger partial charge in [-0.05, 0) is 43.4 Å². The van der Waals surface area contributed by atoms with Crippen molar-refractivity contribution in [2.24, 2.45) is 11.8 Å². The number of nitrogens with zero attached hydrogens (tertiary/aromatic N) is 3. The average molecular weight is 478 g/mol. The lowest BCUT2D eigenvalue weighted by Gasteiger charge is -2.36. The van der Waals surface area contributed by atoms with E-state index in [9.17, 15) is 19.5 Å². The van der Waals surface area contributed by atoms with E-state index in [2.05, 4.69) is 0 Å². The molecule has 0 saturated carbocycles. The number of likely N-dealkylation sites (N-methyl/N-ethyl adjacent to an activating group) is 1. The highest BCUT2D eigenvalue weighted by Crippen LogP contribution is 2.34. The number of carboxylic acid groups (broad SMARTS) is 1. The summed E-state index contributed by atoms with van der Waals surface area (Å²) in [6.07, 6.45) is 1.84. The van der Waals surface area contributed by atoms with Gasteiger partial charge in [-0.2, -0.15) is 0 Å². The van der Waals surface area contributed by atoms with Gasteiger partial charge < -0.3 is 24.5 Å². The van der Waals surface area contributed by atoms with Gasteiger partial charge in [0.2, 0.25) is 11.8 Å². The number of halogens is 1. The Morgan fingerprint density at radius 2 is 1.52 bits per heavy atom. The van der Waals surface area contributed by atoms with Crippen molar-refractivity contribution in [1.82, 2.24) is 14.7 Å². The van der Waals surface area contributed by atoms with Crippen LogP contribution in [0.15, 0.2) is 24.3 Å². The van der Waals surface area contributed by atoms with Crippen LogP contribution in [0.2, 0.25) is 5.02 Å². The number of carbonyl (C=O) groups is 3. The molecule has 3 amide bonds. The number of hydrogen-bond donors (Lipinski definition) is 1. The van der Waals surface area contributed by atoms with E-state index in [-0.39, 0.29) is 35.6 Å². The lowest BCUT2D eigenvalue weighted by atomic mass is 9.92. The summed E-state index contributed by atoms with van der Waals surface area (Å²) >= 11 is 6.03. The van der Waals surface area contributed by atoms with Crippen molar-refractivity contribution in [1.29, 1.82) is 0 Å². The van der Waals surface area contributed by atoms with Gasteiger partial charge in [-0.3, -0.25) is 9.59 Å². The number of hydrogen-bond acceptors (Lipinski definition) is 4. The lowest BCUT2D eigenvalue weighted by molar-refractivity contribution is -0.144. The summed E-state index contributed by atoms with van der Waals surface area (Å²) in [7, 11) is 1.56. The van der Waals surface area contributed by atoms with Gasteiger partial charge in [0.1, 0.15) is 0 Å². The number of amides is 3. The minimum atomic E-state index is -1.01. The molecule has 1 N–H and O–H groups in total. The van der Waals surface area contributed by atoms with Crippen molar-refractivity contribution in [3.8, 4) is 0 Å². The van der Waals surface area contributed by atoms with Crippen LogP contribution in [-0.2, 0) is 14.3 Å². The number of rotatable bonds is 4. The number of ether oxygens (including phenoxy) is 1. The Balaban J connectivity index is 1.39. The van der Waals surface area contributed by atoms with Crippen LogP contribution in [0, 0.1) is 11.8 Å². The Bertz CT molecular complexity index is 865. The standard InChI is InChI=1S/C24H32ClN3O5/c1-26(24(31)32)21-15-28(14-20(21)16-2-4-19(25)5-3-16)23(30)17-6-10-27(11-7-17)22(29)18-8-12-33-13-9-18/h2-5,17-18,20-21H,6-15H2,1H3,(H,31,32)/t20-,21+/m0/s1. The highest BCUT2D eigenvalue weighted by Gasteiger charge is 2.42. The molecule has 0 bridgehead atoms. The van der Waals surface area contributed by atoms with Crippen LogP contribution in [-0.4, -0.2) is 90.2 Å². The molecule has 1 aromatic carbocycles. The van der Waals surface area contributed by atoms with E-state index >= 15 is 0 Å². The van der Waals surface area contributed by atoms with Crippen LogP contribution in [0.25, 0.3) is 0 Å². The van der Waals surface area contributed by atoms with E-state index in [1.807, 2.05) is 21.9 Å². The Labute approximate surface area is 199 Å². The first-order valence-corrected chi connectivity index (χ1v) is 12.1. The molecule has 0 unspecified atom stereocenters. The molecule has 3 aliphatic rings. The predicted octanol–water partition coefficient (Wildman–Crippen LogP) is 2.91. The number of piperidine rings is 1. The van der Waals surface area contributed by atoms with E-state index in [1.54, 1.807) is 19.2 Å². The lowest BCUT2D eigenvalue weighted by Crippen LogP contribution is -2.47. The van der Waals surface area contributed by atoms with E-state index < -0.39 is 6.09 Å². The van der Waals surface area contributed by atoms with Crippen LogP contribution >= 0.6 is 11.6 Å². The summed E-state index contributed by atoms with van der Waals surface area (Å²) in [5, 5.41) is 10.2. The smallest absolute Gasteiger partial charge is 0.407 e. The molecule has 3 saturated heterocycles. The molecule has 9 heteroatoms. The third-order valence-electron chi connectivity index (χ3n) is 7.42. The highest BCUT2D eigenvalue weighted by atomic mass is 35.5. The number of carbonyl (C=O) groups excluding carboxylic acids is 2. The predicted molar refractivity (Wildman–Crippen MR) is 123 cm³/mol. The molecule has 3 aliphatic heterocycles. The molecule has 8 nitrogen and oxygen atoms in total. The summed E-state index contributed by atoms with van der Waals surface area (Å²) in [5.41, 5.74) is 0.977. The third kappa shape index (κ3) is 5.27. The van der Waals surface area contributed by atoms with Gasteiger partial charge in [0, 0.05) is 69.2 Å². The second-order valence-corrected chi connectivity index (χ2v) is 9.78. The quantitative estimate of drug-likeness (QED) is 0.720. The van der Waals surface area contributed by atoms with Gasteiger partial charge in [-0.1, -0.05) is 23.7 Å². The van der Waals surface area contributed by atoms with Crippen molar-refractivity contribution in [3.63, 3.8) is 0 Å². The van der Waals surface area contributed by atoms with Crippen LogP contribution in [0.4, 0.5) is 4.79 Å². The van der Waals surface area contributed by atoms with Gasteiger partial charge in [-0.25, -0.2) is 4.79 Å². The number of likely N-dealkylation sites (tertiary alicyclic amines) is 2. The van der Waals surface area contributed by atoms with Gasteiger partial charge in [0.15, 0.2) is 0 Å². The molecule has 0 radical (unpaired) electrons. The zero-order valence-electron chi connectivity index (χ0n) is 19.0. The van der Waals surface area contributed by atoms with E-state index in [0.717, 1.165) is 18.4 Å². The summed E-state index contributed by atoms with van der Waals surface area (Å²) in [6, 6.07) is 7.09. The average Bonchev–Trinajstić information content (AvgIpc) is 3.29. The maximum Gasteiger partial charge on any atom is 0.407 e. The Kier molecular flexibility index (Phi) is 7.44. The van der Waals surface area contributed by atoms with E-state index in [0.29, 0.717) is 57.3 Å². The van der Waals surface area contributed by atoms with Crippen LogP contribution in [0.1, 0.15) is 37.2 Å². The molecule has 1 aromatic rings. The van der Waals surface area contributed by atoms with Crippen LogP contribution in [0.3, 0.4) is 0 Å².